The van der Waals surface area contributed by atoms with E-state index in [1.807, 2.05) is 30.3 Å². The monoisotopic (exact) mass is 260 g/mol. The first-order valence-electron chi connectivity index (χ1n) is 6.05. The fourth-order valence-electron chi connectivity index (χ4n) is 1.72. The van der Waals surface area contributed by atoms with Crippen LogP contribution >= 0.6 is 0 Å². The van der Waals surface area contributed by atoms with Crippen molar-refractivity contribution < 1.29 is 14.1 Å². The molecule has 1 aromatic carbocycles. The van der Waals surface area contributed by atoms with Crippen molar-refractivity contribution in [3.8, 4) is 0 Å². The maximum atomic E-state index is 11.3. The van der Waals surface area contributed by atoms with Crippen LogP contribution in [0.5, 0.6) is 0 Å². The maximum Gasteiger partial charge on any atom is 0.237 e. The van der Waals surface area contributed by atoms with E-state index < -0.39 is 12.0 Å². The number of hydrogen-bond acceptors (Lipinski definition) is 5. The Balaban J connectivity index is 2.28. The smallest absolute Gasteiger partial charge is 0.237 e. The van der Waals surface area contributed by atoms with Crippen LogP contribution in [-0.4, -0.2) is 23.0 Å². The van der Waals surface area contributed by atoms with Crippen molar-refractivity contribution in [1.29, 1.82) is 0 Å². The van der Waals surface area contributed by atoms with Crippen LogP contribution in [0.4, 0.5) is 0 Å². The van der Waals surface area contributed by atoms with Crippen LogP contribution in [0.15, 0.2) is 34.9 Å². The largest absolute Gasteiger partial charge is 0.369 e. The molecule has 5 heteroatoms. The van der Waals surface area contributed by atoms with Crippen LogP contribution < -0.4 is 0 Å². The number of ketones is 1. The molecule has 0 fully saturated rings. The highest BCUT2D eigenvalue weighted by Gasteiger charge is 2.23. The van der Waals surface area contributed by atoms with Crippen LogP contribution in [0.25, 0.3) is 0 Å². The zero-order valence-corrected chi connectivity index (χ0v) is 11.2. The first-order valence-corrected chi connectivity index (χ1v) is 6.05. The van der Waals surface area contributed by atoms with Crippen LogP contribution in [-0.2, 0) is 9.53 Å². The predicted octanol–water partition coefficient (Wildman–Crippen LogP) is 2.50. The fourth-order valence-corrected chi connectivity index (χ4v) is 1.72. The van der Waals surface area contributed by atoms with E-state index in [4.69, 9.17) is 9.26 Å². The highest BCUT2D eigenvalue weighted by atomic mass is 16.5. The summed E-state index contributed by atoms with van der Waals surface area (Å²) in [5.74, 6) is 0.343. The highest BCUT2D eigenvalue weighted by Crippen LogP contribution is 2.24. The van der Waals surface area contributed by atoms with Crippen LogP contribution in [0.1, 0.15) is 43.1 Å². The van der Waals surface area contributed by atoms with E-state index in [2.05, 4.69) is 10.1 Å². The van der Waals surface area contributed by atoms with E-state index in [1.165, 1.54) is 6.92 Å². The molecule has 5 nitrogen and oxygen atoms in total. The molecule has 0 saturated heterocycles. The van der Waals surface area contributed by atoms with Gasteiger partial charge in [-0.25, -0.2) is 0 Å². The highest BCUT2D eigenvalue weighted by molar-refractivity contribution is 5.81. The second kappa shape index (κ2) is 5.75. The Labute approximate surface area is 111 Å². The molecule has 2 rings (SSSR count). The lowest BCUT2D eigenvalue weighted by Crippen LogP contribution is -2.07. The Bertz CT molecular complexity index is 551. The number of aromatic nitrogens is 2. The molecule has 2 atom stereocenters. The molecule has 0 spiro atoms. The summed E-state index contributed by atoms with van der Waals surface area (Å²) in [4.78, 5) is 15.6. The van der Waals surface area contributed by atoms with Gasteiger partial charge in [-0.3, -0.25) is 4.79 Å². The Morgan fingerprint density at radius 3 is 2.58 bits per heavy atom. The average molecular weight is 260 g/mol. The average Bonchev–Trinajstić information content (AvgIpc) is 2.89. The summed E-state index contributed by atoms with van der Waals surface area (Å²) in [6.45, 7) is 3.24. The van der Waals surface area contributed by atoms with E-state index in [9.17, 15) is 4.79 Å². The van der Waals surface area contributed by atoms with Gasteiger partial charge in [0, 0.05) is 7.11 Å². The van der Waals surface area contributed by atoms with Crippen LogP contribution in [0, 0.1) is 0 Å². The van der Waals surface area contributed by atoms with Gasteiger partial charge >= 0.3 is 0 Å². The molecule has 19 heavy (non-hydrogen) atoms. The number of carbonyl (C=O) groups is 1. The van der Waals surface area contributed by atoms with E-state index in [0.717, 1.165) is 5.56 Å². The molecule has 1 heterocycles. The summed E-state index contributed by atoms with van der Waals surface area (Å²) < 4.78 is 10.5. The molecule has 0 saturated carbocycles. The number of Topliss-reactive ketones (excluding diaryl/α,β-unsaturated/α-hetero) is 1. The van der Waals surface area contributed by atoms with Crippen LogP contribution in [0.3, 0.4) is 0 Å². The molecule has 2 aromatic rings. The SMILES string of the molecule is COC(c1ccccc1)c1noc(C(C)C(C)=O)n1. The zero-order valence-electron chi connectivity index (χ0n) is 11.2. The Morgan fingerprint density at radius 2 is 2.00 bits per heavy atom. The number of nitrogens with zero attached hydrogens (tertiary/aromatic N) is 2. The number of carbonyl (C=O) groups excluding carboxylic acids is 1. The minimum Gasteiger partial charge on any atom is -0.369 e. The molecular weight excluding hydrogens is 244 g/mol. The van der Waals surface area contributed by atoms with Gasteiger partial charge in [0.15, 0.2) is 0 Å². The molecular formula is C14H16N2O3. The van der Waals surface area contributed by atoms with E-state index in [1.54, 1.807) is 14.0 Å². The summed E-state index contributed by atoms with van der Waals surface area (Å²) in [6.07, 6.45) is -0.391. The maximum absolute atomic E-state index is 11.3. The summed E-state index contributed by atoms with van der Waals surface area (Å²) in [7, 11) is 1.59. The first kappa shape index (κ1) is 13.4. The van der Waals surface area contributed by atoms with E-state index in [-0.39, 0.29) is 5.78 Å². The second-order valence-electron chi connectivity index (χ2n) is 4.35. The second-order valence-corrected chi connectivity index (χ2v) is 4.35. The van der Waals surface area contributed by atoms with Gasteiger partial charge in [-0.1, -0.05) is 35.5 Å². The molecule has 1 aromatic heterocycles. The van der Waals surface area contributed by atoms with Gasteiger partial charge in [-0.05, 0) is 19.4 Å². The number of methoxy groups -OCH3 is 1. The topological polar surface area (TPSA) is 65.2 Å². The normalized spacial score (nSPS) is 14.1. The number of rotatable bonds is 5. The van der Waals surface area contributed by atoms with Crippen molar-refractivity contribution in [2.24, 2.45) is 0 Å². The van der Waals surface area contributed by atoms with Gasteiger partial charge in [0.2, 0.25) is 11.7 Å². The van der Waals surface area contributed by atoms with Gasteiger partial charge < -0.3 is 9.26 Å². The van der Waals surface area contributed by atoms with Crippen molar-refractivity contribution >= 4 is 5.78 Å². The lowest BCUT2D eigenvalue weighted by atomic mass is 10.1. The van der Waals surface area contributed by atoms with Crippen molar-refractivity contribution in [3.63, 3.8) is 0 Å². The number of ether oxygens (including phenoxy) is 1. The molecule has 2 unspecified atom stereocenters. The molecule has 0 amide bonds. The lowest BCUT2D eigenvalue weighted by Gasteiger charge is -2.10. The summed E-state index contributed by atoms with van der Waals surface area (Å²) in [6, 6.07) is 9.62. The third-order valence-corrected chi connectivity index (χ3v) is 3.01. The number of hydrogen-bond donors (Lipinski definition) is 0. The van der Waals surface area contributed by atoms with Crippen LogP contribution in [0.2, 0.25) is 0 Å². The third-order valence-electron chi connectivity index (χ3n) is 3.01. The molecule has 0 N–H and O–H groups in total. The molecule has 0 aliphatic carbocycles. The summed E-state index contributed by atoms with van der Waals surface area (Å²) in [5, 5.41) is 3.90. The van der Waals surface area contributed by atoms with E-state index >= 15 is 0 Å². The van der Waals surface area contributed by atoms with Crippen molar-refractivity contribution in [3.05, 3.63) is 47.6 Å². The minimum atomic E-state index is -0.394. The number of benzene rings is 1. The minimum absolute atomic E-state index is 0.0103. The van der Waals surface area contributed by atoms with Gasteiger partial charge in [0.25, 0.3) is 0 Å². The van der Waals surface area contributed by atoms with Gasteiger partial charge in [-0.15, -0.1) is 0 Å². The first-order chi connectivity index (χ1) is 9.13. The van der Waals surface area contributed by atoms with Gasteiger partial charge in [-0.2, -0.15) is 4.98 Å². The Hall–Kier alpha value is -2.01. The standard InChI is InChI=1S/C14H16N2O3/c1-9(10(2)17)14-15-13(16-19-14)12(18-3)11-7-5-4-6-8-11/h4-9,12H,1-3H3. The fraction of sp³-hybridized carbons (Fsp3) is 0.357. The van der Waals surface area contributed by atoms with Crippen molar-refractivity contribution in [2.45, 2.75) is 25.9 Å². The quantitative estimate of drug-likeness (QED) is 0.826. The molecule has 0 radical (unpaired) electrons. The summed E-state index contributed by atoms with van der Waals surface area (Å²) >= 11 is 0. The van der Waals surface area contributed by atoms with Gasteiger partial charge in [0.05, 0.1) is 5.92 Å². The Morgan fingerprint density at radius 1 is 1.32 bits per heavy atom. The van der Waals surface area contributed by atoms with Gasteiger partial charge in [0.1, 0.15) is 11.9 Å². The summed E-state index contributed by atoms with van der Waals surface area (Å²) in [5.41, 5.74) is 0.938. The van der Waals surface area contributed by atoms with Crippen molar-refractivity contribution in [2.75, 3.05) is 7.11 Å². The molecule has 100 valence electrons. The van der Waals surface area contributed by atoms with E-state index in [0.29, 0.717) is 11.7 Å². The Kier molecular flexibility index (Phi) is 4.06. The third kappa shape index (κ3) is 2.88. The molecule has 0 bridgehead atoms. The molecule has 0 aliphatic rings. The van der Waals surface area contributed by atoms with Crippen molar-refractivity contribution in [1.82, 2.24) is 10.1 Å². The molecule has 0 aliphatic heterocycles. The predicted molar refractivity (Wildman–Crippen MR) is 68.7 cm³/mol. The lowest BCUT2D eigenvalue weighted by molar-refractivity contribution is -0.118. The zero-order chi connectivity index (χ0) is 13.8.